The van der Waals surface area contributed by atoms with Crippen LogP contribution in [0.1, 0.15) is 32.0 Å². The summed E-state index contributed by atoms with van der Waals surface area (Å²) in [6.45, 7) is 2.34. The van der Waals surface area contributed by atoms with E-state index in [-0.39, 0.29) is 6.61 Å². The van der Waals surface area contributed by atoms with E-state index in [0.717, 1.165) is 6.92 Å². The monoisotopic (exact) mass is 254 g/mol. The molecule has 96 valence electrons. The molecular formula is C11H11F5O. The summed E-state index contributed by atoms with van der Waals surface area (Å²) in [5.74, 6) is -8.09. The molecule has 0 saturated heterocycles. The van der Waals surface area contributed by atoms with Gasteiger partial charge in [0.05, 0.1) is 12.2 Å². The lowest BCUT2D eigenvalue weighted by Gasteiger charge is -2.13. The van der Waals surface area contributed by atoms with Crippen LogP contribution in [0.4, 0.5) is 22.0 Å². The summed E-state index contributed by atoms with van der Waals surface area (Å²) < 4.78 is 70.6. The van der Waals surface area contributed by atoms with Crippen LogP contribution >= 0.6 is 0 Å². The van der Waals surface area contributed by atoms with Crippen molar-refractivity contribution in [2.45, 2.75) is 26.4 Å². The number of halogens is 5. The van der Waals surface area contributed by atoms with Crippen molar-refractivity contribution < 1.29 is 26.7 Å². The highest BCUT2D eigenvalue weighted by atomic mass is 19.2. The summed E-state index contributed by atoms with van der Waals surface area (Å²) in [6.07, 6.45) is -1.75. The summed E-state index contributed by atoms with van der Waals surface area (Å²) in [5.41, 5.74) is -1.26. The molecule has 0 radical (unpaired) electrons. The zero-order valence-electron chi connectivity index (χ0n) is 9.29. The van der Waals surface area contributed by atoms with Crippen molar-refractivity contribution in [3.8, 4) is 5.75 Å². The number of benzene rings is 1. The summed E-state index contributed by atoms with van der Waals surface area (Å²) in [5, 5.41) is 0. The molecule has 1 nitrogen and oxygen atoms in total. The van der Waals surface area contributed by atoms with Gasteiger partial charge < -0.3 is 4.74 Å². The highest BCUT2D eigenvalue weighted by Gasteiger charge is 2.29. The smallest absolute Gasteiger partial charge is 0.204 e. The third kappa shape index (κ3) is 2.50. The van der Waals surface area contributed by atoms with Crippen molar-refractivity contribution in [1.29, 1.82) is 0 Å². The molecule has 6 heteroatoms. The molecule has 0 spiro atoms. The van der Waals surface area contributed by atoms with E-state index >= 15 is 0 Å². The maximum Gasteiger partial charge on any atom is 0.204 e. The second kappa shape index (κ2) is 5.33. The summed E-state index contributed by atoms with van der Waals surface area (Å²) in [4.78, 5) is 0. The molecule has 17 heavy (non-hydrogen) atoms. The molecule has 1 rings (SSSR count). The first-order valence-corrected chi connectivity index (χ1v) is 5.04. The van der Waals surface area contributed by atoms with Crippen LogP contribution in [0.25, 0.3) is 0 Å². The van der Waals surface area contributed by atoms with Gasteiger partial charge >= 0.3 is 0 Å². The van der Waals surface area contributed by atoms with E-state index in [9.17, 15) is 22.0 Å². The van der Waals surface area contributed by atoms with E-state index in [2.05, 4.69) is 4.74 Å². The van der Waals surface area contributed by atoms with E-state index in [1.54, 1.807) is 6.92 Å². The number of rotatable bonds is 4. The largest absolute Gasteiger partial charge is 0.487 e. The van der Waals surface area contributed by atoms with Gasteiger partial charge in [-0.05, 0) is 13.3 Å². The Morgan fingerprint density at radius 1 is 1.00 bits per heavy atom. The zero-order valence-corrected chi connectivity index (χ0v) is 9.29. The van der Waals surface area contributed by atoms with Gasteiger partial charge in [0, 0.05) is 0 Å². The Bertz CT molecular complexity index is 388. The van der Waals surface area contributed by atoms with Gasteiger partial charge in [0.15, 0.2) is 17.4 Å². The van der Waals surface area contributed by atoms with E-state index in [4.69, 9.17) is 0 Å². The van der Waals surface area contributed by atoms with Crippen LogP contribution in [0.2, 0.25) is 0 Å². The topological polar surface area (TPSA) is 9.23 Å². The molecule has 0 amide bonds. The second-order valence-corrected chi connectivity index (χ2v) is 3.46. The van der Waals surface area contributed by atoms with Crippen molar-refractivity contribution in [2.75, 3.05) is 6.61 Å². The fourth-order valence-electron chi connectivity index (χ4n) is 1.31. The average molecular weight is 254 g/mol. The number of alkyl halides is 1. The minimum Gasteiger partial charge on any atom is -0.487 e. The molecule has 0 aromatic heterocycles. The van der Waals surface area contributed by atoms with E-state index in [1.165, 1.54) is 0 Å². The van der Waals surface area contributed by atoms with Crippen molar-refractivity contribution in [2.24, 2.45) is 0 Å². The molecule has 0 saturated carbocycles. The zero-order chi connectivity index (χ0) is 13.2. The SMILES string of the molecule is CCCOc1c(F)c(F)c(C(C)F)c(F)c1F. The Hall–Kier alpha value is -1.33. The van der Waals surface area contributed by atoms with E-state index in [0.29, 0.717) is 6.42 Å². The fourth-order valence-corrected chi connectivity index (χ4v) is 1.31. The first-order chi connectivity index (χ1) is 7.91. The minimum absolute atomic E-state index is 0.1000. The van der Waals surface area contributed by atoms with Crippen molar-refractivity contribution in [3.05, 3.63) is 28.8 Å². The van der Waals surface area contributed by atoms with E-state index < -0.39 is 40.8 Å². The summed E-state index contributed by atoms with van der Waals surface area (Å²) in [7, 11) is 0. The molecule has 0 aliphatic rings. The van der Waals surface area contributed by atoms with Gasteiger partial charge in [-0.2, -0.15) is 8.78 Å². The normalized spacial score (nSPS) is 12.6. The maximum atomic E-state index is 13.3. The Labute approximate surface area is 95.2 Å². The summed E-state index contributed by atoms with van der Waals surface area (Å²) >= 11 is 0. The Morgan fingerprint density at radius 2 is 1.47 bits per heavy atom. The maximum absolute atomic E-state index is 13.3. The third-order valence-electron chi connectivity index (χ3n) is 2.11. The molecule has 0 fully saturated rings. The quantitative estimate of drug-likeness (QED) is 0.581. The van der Waals surface area contributed by atoms with Crippen molar-refractivity contribution >= 4 is 0 Å². The molecule has 1 aromatic carbocycles. The lowest BCUT2D eigenvalue weighted by molar-refractivity contribution is 0.262. The van der Waals surface area contributed by atoms with E-state index in [1.807, 2.05) is 0 Å². The predicted octanol–water partition coefficient (Wildman–Crippen LogP) is 4.06. The first-order valence-electron chi connectivity index (χ1n) is 5.04. The molecular weight excluding hydrogens is 243 g/mol. The first kappa shape index (κ1) is 13.7. The minimum atomic E-state index is -2.15. The third-order valence-corrected chi connectivity index (χ3v) is 2.11. The standard InChI is InChI=1S/C11H11F5O/c1-3-4-17-11-9(15)7(13)6(5(2)12)8(14)10(11)16/h5H,3-4H2,1-2H3. The lowest BCUT2D eigenvalue weighted by Crippen LogP contribution is -2.09. The van der Waals surface area contributed by atoms with Gasteiger partial charge in [-0.25, -0.2) is 13.2 Å². The highest BCUT2D eigenvalue weighted by molar-refractivity contribution is 5.35. The fraction of sp³-hybridized carbons (Fsp3) is 0.455. The average Bonchev–Trinajstić information content (AvgIpc) is 2.26. The van der Waals surface area contributed by atoms with Crippen LogP contribution in [0.3, 0.4) is 0 Å². The molecule has 1 unspecified atom stereocenters. The lowest BCUT2D eigenvalue weighted by atomic mass is 10.1. The second-order valence-electron chi connectivity index (χ2n) is 3.46. The van der Waals surface area contributed by atoms with Crippen molar-refractivity contribution in [1.82, 2.24) is 0 Å². The van der Waals surface area contributed by atoms with Crippen LogP contribution in [0.5, 0.6) is 5.75 Å². The molecule has 1 aromatic rings. The van der Waals surface area contributed by atoms with Crippen LogP contribution in [-0.2, 0) is 0 Å². The predicted molar refractivity (Wildman–Crippen MR) is 51.6 cm³/mol. The number of ether oxygens (including phenoxy) is 1. The molecule has 0 aliphatic carbocycles. The molecule has 0 heterocycles. The molecule has 1 atom stereocenters. The van der Waals surface area contributed by atoms with Crippen molar-refractivity contribution in [3.63, 3.8) is 0 Å². The molecule has 0 aliphatic heterocycles. The molecule has 0 N–H and O–H groups in total. The van der Waals surface area contributed by atoms with Crippen LogP contribution < -0.4 is 4.74 Å². The van der Waals surface area contributed by atoms with Gasteiger partial charge in [-0.3, -0.25) is 0 Å². The number of hydrogen-bond acceptors (Lipinski definition) is 1. The highest BCUT2D eigenvalue weighted by Crippen LogP contribution is 2.34. The summed E-state index contributed by atoms with van der Waals surface area (Å²) in [6, 6.07) is 0. The van der Waals surface area contributed by atoms with Gasteiger partial charge in [-0.15, -0.1) is 0 Å². The van der Waals surface area contributed by atoms with Gasteiger partial charge in [-0.1, -0.05) is 6.92 Å². The number of hydrogen-bond donors (Lipinski definition) is 0. The van der Waals surface area contributed by atoms with Crippen LogP contribution in [0, 0.1) is 23.3 Å². The Morgan fingerprint density at radius 3 is 1.82 bits per heavy atom. The van der Waals surface area contributed by atoms with Gasteiger partial charge in [0.2, 0.25) is 11.6 Å². The van der Waals surface area contributed by atoms with Crippen LogP contribution in [-0.4, -0.2) is 6.61 Å². The Balaban J connectivity index is 3.36. The van der Waals surface area contributed by atoms with Crippen LogP contribution in [0.15, 0.2) is 0 Å². The molecule has 0 bridgehead atoms. The van der Waals surface area contributed by atoms with Gasteiger partial charge in [0.1, 0.15) is 6.17 Å². The Kier molecular flexibility index (Phi) is 4.31. The van der Waals surface area contributed by atoms with Gasteiger partial charge in [0.25, 0.3) is 0 Å².